The van der Waals surface area contributed by atoms with Gasteiger partial charge in [-0.2, -0.15) is 0 Å². The van der Waals surface area contributed by atoms with E-state index in [0.29, 0.717) is 6.54 Å². The highest BCUT2D eigenvalue weighted by Gasteiger charge is 2.36. The van der Waals surface area contributed by atoms with Crippen LogP contribution in [0.3, 0.4) is 0 Å². The van der Waals surface area contributed by atoms with Crippen LogP contribution >= 0.6 is 0 Å². The van der Waals surface area contributed by atoms with E-state index in [2.05, 4.69) is 5.32 Å². The molecule has 1 atom stereocenters. The number of anilines is 2. The van der Waals surface area contributed by atoms with E-state index in [4.69, 9.17) is 0 Å². The Bertz CT molecular complexity index is 775. The van der Waals surface area contributed by atoms with Crippen LogP contribution in [0.1, 0.15) is 17.2 Å². The number of carbonyl (C=O) groups excluding carboxylic acids is 1. The minimum absolute atomic E-state index is 0.0870. The van der Waals surface area contributed by atoms with Crippen LogP contribution in [-0.2, 0) is 11.3 Å². The van der Waals surface area contributed by atoms with Crippen LogP contribution < -0.4 is 10.2 Å². The van der Waals surface area contributed by atoms with Crippen molar-refractivity contribution in [2.75, 3.05) is 10.2 Å². The Morgan fingerprint density at radius 2 is 1.42 bits per heavy atom. The molecule has 0 bridgehead atoms. The molecule has 1 N–H and O–H groups in total. The molecule has 1 aliphatic heterocycles. The lowest BCUT2D eigenvalue weighted by Gasteiger charge is -2.18. The van der Waals surface area contributed by atoms with E-state index in [9.17, 15) is 4.79 Å². The Hall–Kier alpha value is -3.07. The van der Waals surface area contributed by atoms with Crippen LogP contribution in [0.15, 0.2) is 84.9 Å². The maximum atomic E-state index is 13.0. The molecule has 1 unspecified atom stereocenters. The normalized spacial score (nSPS) is 16.1. The van der Waals surface area contributed by atoms with Gasteiger partial charge in [0.05, 0.1) is 6.54 Å². The highest BCUT2D eigenvalue weighted by Crippen LogP contribution is 2.38. The zero-order valence-corrected chi connectivity index (χ0v) is 13.2. The molecule has 3 aromatic rings. The summed E-state index contributed by atoms with van der Waals surface area (Å²) in [4.78, 5) is 14.9. The number of hydrogen-bond donors (Lipinski definition) is 1. The Kier molecular flexibility index (Phi) is 3.75. The van der Waals surface area contributed by atoms with Crippen LogP contribution in [0.25, 0.3) is 0 Å². The summed E-state index contributed by atoms with van der Waals surface area (Å²) >= 11 is 0. The van der Waals surface area contributed by atoms with Gasteiger partial charge in [0.15, 0.2) is 0 Å². The van der Waals surface area contributed by atoms with Crippen molar-refractivity contribution >= 4 is 17.3 Å². The van der Waals surface area contributed by atoms with Crippen LogP contribution in [-0.4, -0.2) is 5.91 Å². The van der Waals surface area contributed by atoms with E-state index in [-0.39, 0.29) is 11.9 Å². The fourth-order valence-electron chi connectivity index (χ4n) is 3.15. The molecule has 1 heterocycles. The third-order valence-electron chi connectivity index (χ3n) is 4.32. The summed E-state index contributed by atoms with van der Waals surface area (Å²) in [6, 6.07) is 27.6. The number of carbonyl (C=O) groups is 1. The lowest BCUT2D eigenvalue weighted by molar-refractivity contribution is -0.118. The predicted molar refractivity (Wildman–Crippen MR) is 96.9 cm³/mol. The van der Waals surface area contributed by atoms with E-state index in [0.717, 1.165) is 22.5 Å². The monoisotopic (exact) mass is 314 g/mol. The number of fused-ring (bicyclic) bond motifs is 1. The number of amides is 1. The summed E-state index contributed by atoms with van der Waals surface area (Å²) in [5.74, 6) is 0.0870. The fraction of sp³-hybridized carbons (Fsp3) is 0.0952. The third-order valence-corrected chi connectivity index (χ3v) is 4.32. The number of nitrogens with one attached hydrogen (secondary N) is 1. The van der Waals surface area contributed by atoms with Crippen molar-refractivity contribution in [2.24, 2.45) is 0 Å². The SMILES string of the molecule is O=C1C(Nc2ccccc2)c2ccccc2N1Cc1ccccc1. The van der Waals surface area contributed by atoms with Gasteiger partial charge < -0.3 is 10.2 Å². The van der Waals surface area contributed by atoms with Gasteiger partial charge in [-0.05, 0) is 23.8 Å². The molecule has 0 spiro atoms. The van der Waals surface area contributed by atoms with Gasteiger partial charge in [0.2, 0.25) is 0 Å². The van der Waals surface area contributed by atoms with Crippen molar-refractivity contribution in [3.8, 4) is 0 Å². The van der Waals surface area contributed by atoms with Gasteiger partial charge in [-0.25, -0.2) is 0 Å². The smallest absolute Gasteiger partial charge is 0.254 e. The number of benzene rings is 3. The standard InChI is InChI=1S/C21H18N2O/c24-21-20(22-17-11-5-2-6-12-17)18-13-7-8-14-19(18)23(21)15-16-9-3-1-4-10-16/h1-14,20,22H,15H2. The second-order valence-electron chi connectivity index (χ2n) is 5.91. The van der Waals surface area contributed by atoms with Gasteiger partial charge in [-0.15, -0.1) is 0 Å². The molecule has 0 fully saturated rings. The Morgan fingerprint density at radius 1 is 0.792 bits per heavy atom. The molecule has 0 saturated carbocycles. The second-order valence-corrected chi connectivity index (χ2v) is 5.91. The summed E-state index contributed by atoms with van der Waals surface area (Å²) in [7, 11) is 0. The van der Waals surface area contributed by atoms with Crippen molar-refractivity contribution < 1.29 is 4.79 Å². The van der Waals surface area contributed by atoms with Gasteiger partial charge >= 0.3 is 0 Å². The largest absolute Gasteiger partial charge is 0.370 e. The topological polar surface area (TPSA) is 32.3 Å². The number of hydrogen-bond acceptors (Lipinski definition) is 2. The molecule has 0 aromatic heterocycles. The van der Waals surface area contributed by atoms with E-state index in [1.807, 2.05) is 89.8 Å². The van der Waals surface area contributed by atoms with E-state index in [1.165, 1.54) is 0 Å². The molecular weight excluding hydrogens is 296 g/mol. The Morgan fingerprint density at radius 3 is 2.17 bits per heavy atom. The molecule has 3 heteroatoms. The molecule has 0 saturated heterocycles. The highest BCUT2D eigenvalue weighted by atomic mass is 16.2. The molecule has 1 aliphatic rings. The predicted octanol–water partition coefficient (Wildman–Crippen LogP) is 4.39. The Labute approximate surface area is 141 Å². The number of rotatable bonds is 4. The summed E-state index contributed by atoms with van der Waals surface area (Å²) in [5.41, 5.74) is 4.09. The fourth-order valence-corrected chi connectivity index (χ4v) is 3.15. The molecule has 4 rings (SSSR count). The number of nitrogens with zero attached hydrogens (tertiary/aromatic N) is 1. The number of para-hydroxylation sites is 2. The lowest BCUT2D eigenvalue weighted by Crippen LogP contribution is -2.30. The van der Waals surface area contributed by atoms with E-state index < -0.39 is 0 Å². The van der Waals surface area contributed by atoms with Gasteiger partial charge in [0.1, 0.15) is 6.04 Å². The first-order valence-corrected chi connectivity index (χ1v) is 8.09. The summed E-state index contributed by atoms with van der Waals surface area (Å²) < 4.78 is 0. The van der Waals surface area contributed by atoms with Crippen molar-refractivity contribution in [3.63, 3.8) is 0 Å². The van der Waals surface area contributed by atoms with Gasteiger partial charge in [0.25, 0.3) is 5.91 Å². The van der Waals surface area contributed by atoms with Crippen LogP contribution in [0, 0.1) is 0 Å². The molecule has 1 amide bonds. The first-order chi connectivity index (χ1) is 11.8. The maximum Gasteiger partial charge on any atom is 0.254 e. The summed E-state index contributed by atoms with van der Waals surface area (Å²) in [6.07, 6.45) is 0. The van der Waals surface area contributed by atoms with Crippen LogP contribution in [0.2, 0.25) is 0 Å². The van der Waals surface area contributed by atoms with Crippen LogP contribution in [0.4, 0.5) is 11.4 Å². The molecule has 3 aromatic carbocycles. The maximum absolute atomic E-state index is 13.0. The molecular formula is C21H18N2O. The zero-order chi connectivity index (χ0) is 16.4. The molecule has 0 aliphatic carbocycles. The summed E-state index contributed by atoms with van der Waals surface area (Å²) in [5, 5.41) is 3.37. The first-order valence-electron chi connectivity index (χ1n) is 8.09. The average molecular weight is 314 g/mol. The molecule has 3 nitrogen and oxygen atoms in total. The quantitative estimate of drug-likeness (QED) is 0.775. The third kappa shape index (κ3) is 2.65. The molecule has 118 valence electrons. The van der Waals surface area contributed by atoms with E-state index in [1.54, 1.807) is 0 Å². The van der Waals surface area contributed by atoms with Crippen molar-refractivity contribution in [3.05, 3.63) is 96.1 Å². The second kappa shape index (κ2) is 6.20. The molecule has 0 radical (unpaired) electrons. The zero-order valence-electron chi connectivity index (χ0n) is 13.2. The first kappa shape index (κ1) is 14.5. The van der Waals surface area contributed by atoms with Gasteiger partial charge in [-0.1, -0.05) is 66.7 Å². The van der Waals surface area contributed by atoms with Crippen molar-refractivity contribution in [2.45, 2.75) is 12.6 Å². The van der Waals surface area contributed by atoms with Gasteiger partial charge in [-0.3, -0.25) is 4.79 Å². The average Bonchev–Trinajstić information content (AvgIpc) is 2.90. The lowest BCUT2D eigenvalue weighted by atomic mass is 10.1. The van der Waals surface area contributed by atoms with Crippen molar-refractivity contribution in [1.82, 2.24) is 0 Å². The Balaban J connectivity index is 1.66. The van der Waals surface area contributed by atoms with Gasteiger partial charge in [0, 0.05) is 16.9 Å². The summed E-state index contributed by atoms with van der Waals surface area (Å²) in [6.45, 7) is 0.587. The van der Waals surface area contributed by atoms with Crippen LogP contribution in [0.5, 0.6) is 0 Å². The van der Waals surface area contributed by atoms with E-state index >= 15 is 0 Å². The minimum Gasteiger partial charge on any atom is -0.370 e. The molecule has 24 heavy (non-hydrogen) atoms. The highest BCUT2D eigenvalue weighted by molar-refractivity contribution is 6.06. The van der Waals surface area contributed by atoms with Crippen molar-refractivity contribution in [1.29, 1.82) is 0 Å². The minimum atomic E-state index is -0.340.